The zero-order valence-corrected chi connectivity index (χ0v) is 24.7. The standard InChI is InChI=1S/C32H38F3N3O5/c1-30(2,3)43-28(39)31(15-17-41-18-16-31)22-9-10-23-26(24(22)33)37-27(36-23)25(21-11-13-32(34,35)14-12-21)38-29(40)42-19-20-7-5-4-6-8-20/h4-10,21,25H,11-19H2,1-3H3,(H,36,37)(H,38,40). The van der Waals surface area contributed by atoms with Gasteiger partial charge in [-0.15, -0.1) is 0 Å². The number of benzene rings is 2. The molecule has 2 aliphatic rings. The Morgan fingerprint density at radius 3 is 2.40 bits per heavy atom. The summed E-state index contributed by atoms with van der Waals surface area (Å²) in [6.45, 7) is 5.85. The second-order valence-corrected chi connectivity index (χ2v) is 12.5. The average Bonchev–Trinajstić information content (AvgIpc) is 3.40. The normalized spacial score (nSPS) is 19.5. The van der Waals surface area contributed by atoms with Crippen LogP contribution in [0.15, 0.2) is 42.5 Å². The molecule has 1 aliphatic heterocycles. The first-order valence-corrected chi connectivity index (χ1v) is 14.7. The van der Waals surface area contributed by atoms with Gasteiger partial charge in [0.15, 0.2) is 5.82 Å². The Morgan fingerprint density at radius 2 is 1.74 bits per heavy atom. The summed E-state index contributed by atoms with van der Waals surface area (Å²) in [5, 5.41) is 2.80. The van der Waals surface area contributed by atoms with Crippen LogP contribution in [0.5, 0.6) is 0 Å². The number of ether oxygens (including phenoxy) is 3. The van der Waals surface area contributed by atoms with Crippen LogP contribution in [0.2, 0.25) is 0 Å². The fraction of sp³-hybridized carbons (Fsp3) is 0.531. The summed E-state index contributed by atoms with van der Waals surface area (Å²) < 4.78 is 61.0. The third-order valence-corrected chi connectivity index (χ3v) is 8.28. The Hall–Kier alpha value is -3.60. The first-order valence-electron chi connectivity index (χ1n) is 14.7. The number of H-pyrrole nitrogens is 1. The van der Waals surface area contributed by atoms with Crippen LogP contribution in [0.25, 0.3) is 11.0 Å². The molecule has 2 heterocycles. The Kier molecular flexibility index (Phi) is 8.74. The van der Waals surface area contributed by atoms with Crippen LogP contribution in [0.4, 0.5) is 18.0 Å². The third-order valence-electron chi connectivity index (χ3n) is 8.28. The molecule has 3 aromatic rings. The van der Waals surface area contributed by atoms with Crippen LogP contribution in [-0.2, 0) is 31.0 Å². The van der Waals surface area contributed by atoms with Gasteiger partial charge >= 0.3 is 12.1 Å². The quantitative estimate of drug-likeness (QED) is 0.286. The summed E-state index contributed by atoms with van der Waals surface area (Å²) in [7, 11) is 0. The minimum absolute atomic E-state index is 0.00693. The van der Waals surface area contributed by atoms with Crippen molar-refractivity contribution in [3.05, 3.63) is 65.2 Å². The van der Waals surface area contributed by atoms with E-state index in [2.05, 4.69) is 15.3 Å². The monoisotopic (exact) mass is 601 g/mol. The van der Waals surface area contributed by atoms with Gasteiger partial charge in [-0.25, -0.2) is 22.9 Å². The SMILES string of the molecule is CC(C)(C)OC(=O)C1(c2ccc3[nH]c(C(NC(=O)OCc4ccccc4)C4CCC(F)(F)CC4)nc3c2F)CCOCC1. The molecule has 0 bridgehead atoms. The van der Waals surface area contributed by atoms with Gasteiger partial charge in [0, 0.05) is 31.6 Å². The van der Waals surface area contributed by atoms with Gasteiger partial charge in [0.2, 0.25) is 5.92 Å². The Morgan fingerprint density at radius 1 is 1.07 bits per heavy atom. The number of nitrogens with zero attached hydrogens (tertiary/aromatic N) is 1. The number of alkyl halides is 2. The zero-order valence-electron chi connectivity index (χ0n) is 24.7. The Labute approximate surface area is 248 Å². The summed E-state index contributed by atoms with van der Waals surface area (Å²) in [6.07, 6.45) is -0.613. The lowest BCUT2D eigenvalue weighted by molar-refractivity contribution is -0.166. The smallest absolute Gasteiger partial charge is 0.408 e. The summed E-state index contributed by atoms with van der Waals surface area (Å²) in [5.41, 5.74) is -0.721. The number of esters is 1. The number of fused-ring (bicyclic) bond motifs is 1. The molecule has 232 valence electrons. The Balaban J connectivity index is 1.46. The molecule has 8 nitrogen and oxygen atoms in total. The van der Waals surface area contributed by atoms with Crippen LogP contribution in [0.3, 0.4) is 0 Å². The number of hydrogen-bond acceptors (Lipinski definition) is 6. The minimum atomic E-state index is -2.77. The number of imidazole rings is 1. The van der Waals surface area contributed by atoms with E-state index in [1.165, 1.54) is 0 Å². The van der Waals surface area contributed by atoms with Gasteiger partial charge in [0.05, 0.1) is 11.6 Å². The number of hydrogen-bond donors (Lipinski definition) is 2. The van der Waals surface area contributed by atoms with Gasteiger partial charge in [0.1, 0.15) is 29.0 Å². The maximum Gasteiger partial charge on any atom is 0.408 e. The zero-order chi connectivity index (χ0) is 30.8. The molecule has 2 aromatic carbocycles. The molecule has 1 atom stereocenters. The van der Waals surface area contributed by atoms with Gasteiger partial charge < -0.3 is 24.5 Å². The topological polar surface area (TPSA) is 103 Å². The van der Waals surface area contributed by atoms with Gasteiger partial charge in [0.25, 0.3) is 0 Å². The molecule has 1 amide bonds. The van der Waals surface area contributed by atoms with Gasteiger partial charge in [-0.1, -0.05) is 36.4 Å². The molecule has 2 fully saturated rings. The van der Waals surface area contributed by atoms with Crippen LogP contribution in [-0.4, -0.2) is 46.8 Å². The number of aromatic amines is 1. The molecule has 0 radical (unpaired) electrons. The van der Waals surface area contributed by atoms with Crippen molar-refractivity contribution in [2.24, 2.45) is 5.92 Å². The fourth-order valence-electron chi connectivity index (χ4n) is 5.95. The number of halogens is 3. The second kappa shape index (κ2) is 12.2. The minimum Gasteiger partial charge on any atom is -0.459 e. The van der Waals surface area contributed by atoms with Gasteiger partial charge in [-0.3, -0.25) is 4.79 Å². The van der Waals surface area contributed by atoms with Gasteiger partial charge in [-0.05, 0) is 64.0 Å². The predicted molar refractivity (Wildman–Crippen MR) is 153 cm³/mol. The van der Waals surface area contributed by atoms with E-state index in [1.807, 2.05) is 30.3 Å². The number of aromatic nitrogens is 2. The van der Waals surface area contributed by atoms with E-state index in [0.717, 1.165) is 5.56 Å². The molecule has 1 saturated heterocycles. The van der Waals surface area contributed by atoms with E-state index in [-0.39, 0.29) is 81.2 Å². The highest BCUT2D eigenvalue weighted by molar-refractivity contribution is 5.87. The molecule has 1 saturated carbocycles. The summed E-state index contributed by atoms with van der Waals surface area (Å²) in [5.74, 6) is -4.12. The third kappa shape index (κ3) is 6.98. The lowest BCUT2D eigenvalue weighted by Gasteiger charge is -2.37. The molecular weight excluding hydrogens is 563 g/mol. The molecule has 1 unspecified atom stereocenters. The number of nitrogens with one attached hydrogen (secondary N) is 2. The van der Waals surface area contributed by atoms with E-state index in [1.54, 1.807) is 32.9 Å². The van der Waals surface area contributed by atoms with E-state index in [0.29, 0.717) is 5.52 Å². The van der Waals surface area contributed by atoms with Crippen molar-refractivity contribution in [2.45, 2.75) is 88.9 Å². The molecule has 1 aliphatic carbocycles. The van der Waals surface area contributed by atoms with Crippen molar-refractivity contribution < 1.29 is 37.0 Å². The molecule has 1 aromatic heterocycles. The van der Waals surface area contributed by atoms with Crippen LogP contribution >= 0.6 is 0 Å². The predicted octanol–water partition coefficient (Wildman–Crippen LogP) is 6.88. The fourth-order valence-corrected chi connectivity index (χ4v) is 5.95. The van der Waals surface area contributed by atoms with Crippen LogP contribution in [0, 0.1) is 11.7 Å². The lowest BCUT2D eigenvalue weighted by atomic mass is 9.73. The van der Waals surface area contributed by atoms with E-state index in [4.69, 9.17) is 14.2 Å². The first-order chi connectivity index (χ1) is 20.4. The highest BCUT2D eigenvalue weighted by Crippen LogP contribution is 2.43. The largest absolute Gasteiger partial charge is 0.459 e. The van der Waals surface area contributed by atoms with Gasteiger partial charge in [-0.2, -0.15) is 0 Å². The Bertz CT molecular complexity index is 1440. The van der Waals surface area contributed by atoms with E-state index in [9.17, 15) is 18.4 Å². The van der Waals surface area contributed by atoms with Crippen LogP contribution < -0.4 is 5.32 Å². The van der Waals surface area contributed by atoms with Crippen molar-refractivity contribution >= 4 is 23.1 Å². The highest BCUT2D eigenvalue weighted by atomic mass is 19.3. The molecule has 43 heavy (non-hydrogen) atoms. The number of amides is 1. The number of rotatable bonds is 7. The molecule has 0 spiro atoms. The number of alkyl carbamates (subject to hydrolysis) is 1. The molecule has 11 heteroatoms. The van der Waals surface area contributed by atoms with E-state index >= 15 is 4.39 Å². The molecular formula is C32H38F3N3O5. The number of carbonyl (C=O) groups is 2. The highest BCUT2D eigenvalue weighted by Gasteiger charge is 2.47. The number of carbonyl (C=O) groups excluding carboxylic acids is 2. The average molecular weight is 602 g/mol. The van der Waals surface area contributed by atoms with E-state index < -0.39 is 40.9 Å². The van der Waals surface area contributed by atoms with Crippen molar-refractivity contribution in [1.82, 2.24) is 15.3 Å². The first kappa shape index (κ1) is 30.8. The van der Waals surface area contributed by atoms with Crippen LogP contribution in [0.1, 0.15) is 82.3 Å². The second-order valence-electron chi connectivity index (χ2n) is 12.5. The molecule has 2 N–H and O–H groups in total. The van der Waals surface area contributed by atoms with Crippen molar-refractivity contribution in [3.8, 4) is 0 Å². The summed E-state index contributed by atoms with van der Waals surface area (Å²) in [4.78, 5) is 34.0. The lowest BCUT2D eigenvalue weighted by Crippen LogP contribution is -2.45. The molecule has 5 rings (SSSR count). The van der Waals surface area contributed by atoms with Crippen molar-refractivity contribution in [2.75, 3.05) is 13.2 Å². The van der Waals surface area contributed by atoms with Crippen molar-refractivity contribution in [3.63, 3.8) is 0 Å². The summed E-state index contributed by atoms with van der Waals surface area (Å²) in [6, 6.07) is 11.5. The maximum atomic E-state index is 16.3. The summed E-state index contributed by atoms with van der Waals surface area (Å²) >= 11 is 0. The van der Waals surface area contributed by atoms with Crippen molar-refractivity contribution in [1.29, 1.82) is 0 Å². The maximum absolute atomic E-state index is 16.3.